The van der Waals surface area contributed by atoms with E-state index in [-0.39, 0.29) is 0 Å². The third-order valence-corrected chi connectivity index (χ3v) is 5.31. The lowest BCUT2D eigenvalue weighted by molar-refractivity contribution is 0.210. The van der Waals surface area contributed by atoms with Gasteiger partial charge >= 0.3 is 0 Å². The molecule has 0 aromatic heterocycles. The van der Waals surface area contributed by atoms with Gasteiger partial charge in [0.2, 0.25) is 0 Å². The van der Waals surface area contributed by atoms with Crippen molar-refractivity contribution in [1.82, 2.24) is 8.61 Å². The fourth-order valence-electron chi connectivity index (χ4n) is 2.51. The largest absolute Gasteiger partial charge is 0.281 e. The monoisotopic (exact) mass is 248 g/mol. The Morgan fingerprint density at radius 2 is 1.56 bits per heavy atom. The van der Waals surface area contributed by atoms with E-state index in [1.165, 1.54) is 4.31 Å². The highest BCUT2D eigenvalue weighted by Crippen LogP contribution is 2.24. The van der Waals surface area contributed by atoms with Crippen molar-refractivity contribution in [2.45, 2.75) is 34.1 Å². The van der Waals surface area contributed by atoms with E-state index in [0.717, 1.165) is 6.42 Å². The van der Waals surface area contributed by atoms with Gasteiger partial charge in [-0.05, 0) is 18.3 Å². The third kappa shape index (κ3) is 2.96. The molecular weight excluding hydrogens is 224 g/mol. The molecule has 0 saturated carbocycles. The molecule has 0 spiro atoms. The predicted octanol–water partition coefficient (Wildman–Crippen LogP) is 1.55. The molecule has 1 saturated heterocycles. The number of nitrogens with zero attached hydrogens (tertiary/aromatic N) is 2. The fraction of sp³-hybridized carbons (Fsp3) is 1.00. The lowest BCUT2D eigenvalue weighted by atomic mass is 9.94. The van der Waals surface area contributed by atoms with Crippen molar-refractivity contribution in [3.63, 3.8) is 0 Å². The molecular formula is C11H24N2O2S. The van der Waals surface area contributed by atoms with Crippen LogP contribution < -0.4 is 0 Å². The van der Waals surface area contributed by atoms with Crippen molar-refractivity contribution in [2.24, 2.45) is 11.8 Å². The summed E-state index contributed by atoms with van der Waals surface area (Å²) < 4.78 is 27.8. The van der Waals surface area contributed by atoms with E-state index >= 15 is 0 Å². The first kappa shape index (κ1) is 13.9. The molecule has 0 bridgehead atoms. The summed E-state index contributed by atoms with van der Waals surface area (Å²) >= 11 is 0. The van der Waals surface area contributed by atoms with Gasteiger partial charge in [-0.2, -0.15) is 17.0 Å². The van der Waals surface area contributed by atoms with E-state index in [4.69, 9.17) is 0 Å². The van der Waals surface area contributed by atoms with Crippen LogP contribution in [0.1, 0.15) is 34.1 Å². The molecule has 1 heterocycles. The molecule has 0 radical (unpaired) electrons. The zero-order chi connectivity index (χ0) is 12.3. The molecule has 5 heteroatoms. The number of piperidine rings is 1. The Bertz CT molecular complexity index is 302. The summed E-state index contributed by atoms with van der Waals surface area (Å²) in [6.07, 6.45) is 1.13. The van der Waals surface area contributed by atoms with Crippen LogP contribution in [0.25, 0.3) is 0 Å². The van der Waals surface area contributed by atoms with Gasteiger partial charge < -0.3 is 0 Å². The zero-order valence-corrected chi connectivity index (χ0v) is 11.6. The maximum atomic E-state index is 12.3. The van der Waals surface area contributed by atoms with Crippen LogP contribution in [0.4, 0.5) is 0 Å². The second kappa shape index (κ2) is 5.47. The average Bonchev–Trinajstić information content (AvgIpc) is 2.17. The number of rotatable bonds is 4. The molecule has 96 valence electrons. The summed E-state index contributed by atoms with van der Waals surface area (Å²) in [5.41, 5.74) is 0. The smallest absolute Gasteiger partial charge is 0.195 e. The van der Waals surface area contributed by atoms with Crippen molar-refractivity contribution in [3.8, 4) is 0 Å². The lowest BCUT2D eigenvalue weighted by Gasteiger charge is -2.36. The van der Waals surface area contributed by atoms with Crippen LogP contribution in [0, 0.1) is 11.8 Å². The molecule has 0 aromatic rings. The second-order valence-electron chi connectivity index (χ2n) is 4.86. The predicted molar refractivity (Wildman–Crippen MR) is 66.4 cm³/mol. The Balaban J connectivity index is 2.82. The second-order valence-corrected chi connectivity index (χ2v) is 6.78. The summed E-state index contributed by atoms with van der Waals surface area (Å²) in [5.74, 6) is 0.933. The van der Waals surface area contributed by atoms with Crippen LogP contribution in [0.15, 0.2) is 0 Å². The molecule has 0 N–H and O–H groups in total. The summed E-state index contributed by atoms with van der Waals surface area (Å²) in [4.78, 5) is 0. The minimum absolute atomic E-state index is 0.467. The molecule has 0 aromatic carbocycles. The van der Waals surface area contributed by atoms with E-state index < -0.39 is 10.2 Å². The van der Waals surface area contributed by atoms with E-state index in [1.54, 1.807) is 4.31 Å². The first-order valence-electron chi connectivity index (χ1n) is 6.17. The van der Waals surface area contributed by atoms with Gasteiger partial charge in [-0.15, -0.1) is 0 Å². The van der Waals surface area contributed by atoms with Crippen molar-refractivity contribution in [2.75, 3.05) is 26.2 Å². The van der Waals surface area contributed by atoms with Crippen molar-refractivity contribution >= 4 is 10.2 Å². The SMILES string of the molecule is CCN(CC)S(=O)(=O)N1CC(C)CC(C)C1. The third-order valence-electron chi connectivity index (χ3n) is 3.19. The van der Waals surface area contributed by atoms with Crippen LogP contribution in [-0.4, -0.2) is 43.2 Å². The summed E-state index contributed by atoms with van der Waals surface area (Å²) in [6, 6.07) is 0. The highest BCUT2D eigenvalue weighted by molar-refractivity contribution is 7.86. The topological polar surface area (TPSA) is 40.6 Å². The fourth-order valence-corrected chi connectivity index (χ4v) is 4.37. The van der Waals surface area contributed by atoms with E-state index in [9.17, 15) is 8.42 Å². The van der Waals surface area contributed by atoms with Gasteiger partial charge in [-0.25, -0.2) is 0 Å². The summed E-state index contributed by atoms with van der Waals surface area (Å²) in [7, 11) is -3.22. The van der Waals surface area contributed by atoms with E-state index in [1.807, 2.05) is 13.8 Å². The Morgan fingerprint density at radius 1 is 1.12 bits per heavy atom. The van der Waals surface area contributed by atoms with Gasteiger partial charge in [0.05, 0.1) is 0 Å². The normalized spacial score (nSPS) is 28.6. The summed E-state index contributed by atoms with van der Waals surface area (Å²) in [5, 5.41) is 0. The first-order valence-corrected chi connectivity index (χ1v) is 7.56. The molecule has 1 rings (SSSR count). The Morgan fingerprint density at radius 3 is 1.94 bits per heavy atom. The zero-order valence-electron chi connectivity index (χ0n) is 10.8. The molecule has 2 unspecified atom stereocenters. The van der Waals surface area contributed by atoms with Gasteiger partial charge in [-0.3, -0.25) is 0 Å². The maximum absolute atomic E-state index is 12.3. The quantitative estimate of drug-likeness (QED) is 0.757. The molecule has 2 atom stereocenters. The van der Waals surface area contributed by atoms with Crippen molar-refractivity contribution in [3.05, 3.63) is 0 Å². The molecule has 0 aliphatic carbocycles. The molecule has 1 fully saturated rings. The van der Waals surface area contributed by atoms with E-state index in [2.05, 4.69) is 13.8 Å². The lowest BCUT2D eigenvalue weighted by Crippen LogP contribution is -2.49. The molecule has 4 nitrogen and oxygen atoms in total. The average molecular weight is 248 g/mol. The van der Waals surface area contributed by atoms with Gasteiger partial charge in [0.1, 0.15) is 0 Å². The number of hydrogen-bond donors (Lipinski definition) is 0. The van der Waals surface area contributed by atoms with E-state index in [0.29, 0.717) is 38.0 Å². The van der Waals surface area contributed by atoms with Crippen LogP contribution in [0.5, 0.6) is 0 Å². The first-order chi connectivity index (χ1) is 7.41. The summed E-state index contributed by atoms with van der Waals surface area (Å²) in [6.45, 7) is 10.5. The van der Waals surface area contributed by atoms with Crippen LogP contribution in [0.2, 0.25) is 0 Å². The van der Waals surface area contributed by atoms with Crippen LogP contribution in [-0.2, 0) is 10.2 Å². The standard InChI is InChI=1S/C11H24N2O2S/c1-5-12(6-2)16(14,15)13-8-10(3)7-11(4)9-13/h10-11H,5-9H2,1-4H3. The van der Waals surface area contributed by atoms with Gasteiger partial charge in [-0.1, -0.05) is 27.7 Å². The molecule has 1 aliphatic heterocycles. The minimum Gasteiger partial charge on any atom is -0.195 e. The highest BCUT2D eigenvalue weighted by Gasteiger charge is 2.33. The van der Waals surface area contributed by atoms with Crippen molar-refractivity contribution < 1.29 is 8.42 Å². The van der Waals surface area contributed by atoms with Gasteiger partial charge in [0, 0.05) is 26.2 Å². The van der Waals surface area contributed by atoms with Crippen LogP contribution in [0.3, 0.4) is 0 Å². The minimum atomic E-state index is -3.22. The molecule has 16 heavy (non-hydrogen) atoms. The Hall–Kier alpha value is -0.130. The van der Waals surface area contributed by atoms with Crippen molar-refractivity contribution in [1.29, 1.82) is 0 Å². The number of hydrogen-bond acceptors (Lipinski definition) is 2. The Labute approximate surface area is 99.8 Å². The molecule has 1 aliphatic rings. The molecule has 0 amide bonds. The Kier molecular flexibility index (Phi) is 4.76. The van der Waals surface area contributed by atoms with Gasteiger partial charge in [0.25, 0.3) is 10.2 Å². The van der Waals surface area contributed by atoms with Gasteiger partial charge in [0.15, 0.2) is 0 Å². The highest BCUT2D eigenvalue weighted by atomic mass is 32.2. The van der Waals surface area contributed by atoms with Crippen LogP contribution >= 0.6 is 0 Å². The maximum Gasteiger partial charge on any atom is 0.281 e.